The van der Waals surface area contributed by atoms with E-state index in [2.05, 4.69) is 22.8 Å². The molecule has 2 N–H and O–H groups in total. The third-order valence-corrected chi connectivity index (χ3v) is 6.35. The van der Waals surface area contributed by atoms with Crippen molar-refractivity contribution in [2.45, 2.75) is 45.4 Å². The van der Waals surface area contributed by atoms with Crippen molar-refractivity contribution in [2.24, 2.45) is 0 Å². The van der Waals surface area contributed by atoms with E-state index < -0.39 is 0 Å². The molecule has 0 radical (unpaired) electrons. The van der Waals surface area contributed by atoms with E-state index in [1.165, 1.54) is 11.1 Å². The van der Waals surface area contributed by atoms with Crippen LogP contribution in [-0.2, 0) is 19.3 Å². The molecule has 33 heavy (non-hydrogen) atoms. The maximum atomic E-state index is 12.7. The number of halogens is 2. The number of nitrogens with zero attached hydrogens (tertiary/aromatic N) is 1. The van der Waals surface area contributed by atoms with Gasteiger partial charge in [-0.2, -0.15) is 0 Å². The van der Waals surface area contributed by atoms with E-state index in [4.69, 9.17) is 11.6 Å². The number of carbonyl (C=O) groups excluding carboxylic acids is 2. The summed E-state index contributed by atoms with van der Waals surface area (Å²) in [6.45, 7) is 5.76. The van der Waals surface area contributed by atoms with E-state index in [0.717, 1.165) is 67.9 Å². The molecule has 180 valence electrons. The van der Waals surface area contributed by atoms with Crippen LogP contribution in [0, 0.1) is 0 Å². The lowest BCUT2D eigenvalue weighted by atomic mass is 9.97. The van der Waals surface area contributed by atoms with Gasteiger partial charge in [0.15, 0.2) is 5.78 Å². The van der Waals surface area contributed by atoms with E-state index in [1.54, 1.807) is 0 Å². The summed E-state index contributed by atoms with van der Waals surface area (Å²) in [5.74, 6) is 0.202. The molecule has 3 rings (SSSR count). The minimum absolute atomic E-state index is 0. The minimum Gasteiger partial charge on any atom is -0.338 e. The molecule has 1 heterocycles. The normalized spacial score (nSPS) is 13.0. The summed E-state index contributed by atoms with van der Waals surface area (Å²) in [5, 5.41) is 7.13. The average molecular weight is 492 g/mol. The monoisotopic (exact) mass is 491 g/mol. The number of unbranched alkanes of at least 4 members (excludes halogenated alkanes) is 1. The summed E-state index contributed by atoms with van der Waals surface area (Å²) in [7, 11) is 0. The van der Waals surface area contributed by atoms with Gasteiger partial charge >= 0.3 is 6.03 Å². The third-order valence-electron chi connectivity index (χ3n) is 5.98. The lowest BCUT2D eigenvalue weighted by Gasteiger charge is -2.20. The summed E-state index contributed by atoms with van der Waals surface area (Å²) < 4.78 is 0. The van der Waals surface area contributed by atoms with Gasteiger partial charge in [0.25, 0.3) is 0 Å². The smallest absolute Gasteiger partial charge is 0.317 e. The van der Waals surface area contributed by atoms with Crippen molar-refractivity contribution in [1.29, 1.82) is 0 Å². The van der Waals surface area contributed by atoms with E-state index >= 15 is 0 Å². The van der Waals surface area contributed by atoms with E-state index in [1.807, 2.05) is 42.2 Å². The molecule has 2 aromatic carbocycles. The van der Waals surface area contributed by atoms with Gasteiger partial charge < -0.3 is 15.5 Å². The quantitative estimate of drug-likeness (QED) is 0.359. The number of ketones is 1. The Morgan fingerprint density at radius 3 is 2.52 bits per heavy atom. The van der Waals surface area contributed by atoms with E-state index in [0.29, 0.717) is 19.5 Å². The fourth-order valence-corrected chi connectivity index (χ4v) is 4.32. The number of hydrogen-bond acceptors (Lipinski definition) is 3. The molecule has 0 fully saturated rings. The van der Waals surface area contributed by atoms with Crippen molar-refractivity contribution in [1.82, 2.24) is 15.5 Å². The largest absolute Gasteiger partial charge is 0.338 e. The molecule has 0 bridgehead atoms. The number of rotatable bonds is 10. The Balaban J connectivity index is 0.00000385. The van der Waals surface area contributed by atoms with Gasteiger partial charge in [-0.1, -0.05) is 41.9 Å². The molecule has 5 nitrogen and oxygen atoms in total. The minimum atomic E-state index is -0.00270. The van der Waals surface area contributed by atoms with E-state index in [9.17, 15) is 9.59 Å². The Hall–Kier alpha value is -2.08. The van der Waals surface area contributed by atoms with Crippen LogP contribution in [0.4, 0.5) is 4.79 Å². The van der Waals surface area contributed by atoms with Crippen LogP contribution in [0.25, 0.3) is 0 Å². The Bertz CT molecular complexity index is 920. The van der Waals surface area contributed by atoms with Crippen molar-refractivity contribution < 1.29 is 9.59 Å². The van der Waals surface area contributed by atoms with Gasteiger partial charge in [0, 0.05) is 36.6 Å². The lowest BCUT2D eigenvalue weighted by Crippen LogP contribution is -2.41. The highest BCUT2D eigenvalue weighted by molar-refractivity contribution is 6.31. The van der Waals surface area contributed by atoms with Crippen molar-refractivity contribution in [3.05, 3.63) is 69.7 Å². The second-order valence-corrected chi connectivity index (χ2v) is 8.68. The molecule has 0 saturated heterocycles. The van der Waals surface area contributed by atoms with Crippen LogP contribution in [0.3, 0.4) is 0 Å². The highest BCUT2D eigenvalue weighted by Gasteiger charge is 2.19. The number of nitrogens with one attached hydrogen (secondary N) is 2. The summed E-state index contributed by atoms with van der Waals surface area (Å²) in [6, 6.07) is 14.0. The lowest BCUT2D eigenvalue weighted by molar-refractivity contribution is 0.0979. The summed E-state index contributed by atoms with van der Waals surface area (Å²) in [4.78, 5) is 26.7. The van der Waals surface area contributed by atoms with Crippen LogP contribution < -0.4 is 10.6 Å². The average Bonchev–Trinajstić information content (AvgIpc) is 3.02. The van der Waals surface area contributed by atoms with Gasteiger partial charge in [0.05, 0.1) is 0 Å². The zero-order valence-electron chi connectivity index (χ0n) is 19.4. The highest BCUT2D eigenvalue weighted by atomic mass is 35.5. The molecule has 0 aromatic heterocycles. The van der Waals surface area contributed by atoms with Gasteiger partial charge in [0.1, 0.15) is 0 Å². The second-order valence-electron chi connectivity index (χ2n) is 8.28. The summed E-state index contributed by atoms with van der Waals surface area (Å²) in [6.07, 6.45) is 4.95. The highest BCUT2D eigenvalue weighted by Crippen LogP contribution is 2.20. The molecule has 0 saturated carbocycles. The fourth-order valence-electron chi connectivity index (χ4n) is 4.09. The molecule has 1 aliphatic heterocycles. The van der Waals surface area contributed by atoms with Crippen LogP contribution >= 0.6 is 24.0 Å². The van der Waals surface area contributed by atoms with Crippen molar-refractivity contribution in [3.8, 4) is 0 Å². The first-order valence-electron chi connectivity index (χ1n) is 11.7. The predicted molar refractivity (Wildman–Crippen MR) is 138 cm³/mol. The van der Waals surface area contributed by atoms with Gasteiger partial charge in [0.2, 0.25) is 0 Å². The van der Waals surface area contributed by atoms with Gasteiger partial charge in [-0.25, -0.2) is 4.79 Å². The van der Waals surface area contributed by atoms with Crippen molar-refractivity contribution >= 4 is 35.8 Å². The van der Waals surface area contributed by atoms with Crippen LogP contribution in [0.15, 0.2) is 42.5 Å². The second kappa shape index (κ2) is 14.2. The SMILES string of the molecule is CCNC(=O)N1CCc2ccc(C(=O)CCCCNCCc3ccccc3Cl)cc2CC1.Cl. The topological polar surface area (TPSA) is 61.4 Å². The molecule has 0 spiro atoms. The first-order valence-corrected chi connectivity index (χ1v) is 12.1. The number of fused-ring (bicyclic) bond motifs is 1. The number of Topliss-reactive ketones (excluding diaryl/α,β-unsaturated/α-hetero) is 1. The maximum absolute atomic E-state index is 12.7. The molecule has 2 amide bonds. The third kappa shape index (κ3) is 8.33. The molecule has 2 aromatic rings. The molecule has 0 unspecified atom stereocenters. The number of benzene rings is 2. The Kier molecular flexibility index (Phi) is 11.7. The molecule has 0 aliphatic carbocycles. The van der Waals surface area contributed by atoms with Gasteiger partial charge in [-0.3, -0.25) is 4.79 Å². The van der Waals surface area contributed by atoms with Crippen LogP contribution in [0.1, 0.15) is 53.2 Å². The molecular weight excluding hydrogens is 457 g/mol. The summed E-state index contributed by atoms with van der Waals surface area (Å²) in [5.41, 5.74) is 4.40. The van der Waals surface area contributed by atoms with Crippen molar-refractivity contribution in [2.75, 3.05) is 32.7 Å². The molecular formula is C26H35Cl2N3O2. The first kappa shape index (κ1) is 27.2. The first-order chi connectivity index (χ1) is 15.6. The molecule has 7 heteroatoms. The molecule has 1 aliphatic rings. The fraction of sp³-hybridized carbons (Fsp3) is 0.462. The van der Waals surface area contributed by atoms with Crippen molar-refractivity contribution in [3.63, 3.8) is 0 Å². The number of amides is 2. The Labute approximate surface area is 208 Å². The van der Waals surface area contributed by atoms with Crippen LogP contribution in [0.5, 0.6) is 0 Å². The standard InChI is InChI=1S/C26H34ClN3O2.ClH/c1-2-29-26(32)30-17-13-20-10-11-23(19-22(20)14-18-30)25(31)9-5-6-15-28-16-12-21-7-3-4-8-24(21)27;/h3-4,7-8,10-11,19,28H,2,5-6,9,12-18H2,1H3,(H,29,32);1H. The Morgan fingerprint density at radius 2 is 1.76 bits per heavy atom. The maximum Gasteiger partial charge on any atom is 0.317 e. The Morgan fingerprint density at radius 1 is 1.00 bits per heavy atom. The zero-order chi connectivity index (χ0) is 22.8. The number of carbonyl (C=O) groups is 2. The molecule has 0 atom stereocenters. The number of hydrogen-bond donors (Lipinski definition) is 2. The van der Waals surface area contributed by atoms with Crippen LogP contribution in [0.2, 0.25) is 5.02 Å². The van der Waals surface area contributed by atoms with Crippen LogP contribution in [-0.4, -0.2) is 49.4 Å². The van der Waals surface area contributed by atoms with E-state index in [-0.39, 0.29) is 24.2 Å². The number of urea groups is 1. The summed E-state index contributed by atoms with van der Waals surface area (Å²) >= 11 is 6.18. The zero-order valence-corrected chi connectivity index (χ0v) is 20.9. The predicted octanol–water partition coefficient (Wildman–Crippen LogP) is 5.08. The van der Waals surface area contributed by atoms with Gasteiger partial charge in [-0.15, -0.1) is 12.4 Å². The van der Waals surface area contributed by atoms with Gasteiger partial charge in [-0.05, 0) is 80.9 Å².